The predicted octanol–water partition coefficient (Wildman–Crippen LogP) is 5.39. The third-order valence-electron chi connectivity index (χ3n) is 11.2. The minimum atomic E-state index is -4.76. The molecule has 1 atom stereocenters. The molecule has 16 heteroatoms. The summed E-state index contributed by atoms with van der Waals surface area (Å²) < 4.78 is 46.4. The minimum Gasteiger partial charge on any atom is -0.385 e. The summed E-state index contributed by atoms with van der Waals surface area (Å²) in [5, 5.41) is 5.75. The lowest BCUT2D eigenvalue weighted by molar-refractivity contribution is -0.325. The molecule has 2 saturated heterocycles. The number of aromatic nitrogens is 3. The summed E-state index contributed by atoms with van der Waals surface area (Å²) in [6.45, 7) is 3.08. The molecule has 57 heavy (non-hydrogen) atoms. The second-order valence-electron chi connectivity index (χ2n) is 15.1. The number of rotatable bonds is 13. The van der Waals surface area contributed by atoms with Gasteiger partial charge in [-0.15, -0.1) is 13.2 Å². The van der Waals surface area contributed by atoms with Gasteiger partial charge in [0.25, 0.3) is 11.5 Å². The number of likely N-dealkylation sites (tertiary alicyclic amines) is 1. The Bertz CT molecular complexity index is 2230. The van der Waals surface area contributed by atoms with E-state index in [1.165, 1.54) is 9.47 Å². The van der Waals surface area contributed by atoms with Crippen molar-refractivity contribution in [2.45, 2.75) is 89.7 Å². The first-order valence-electron chi connectivity index (χ1n) is 19.4. The number of halogens is 3. The van der Waals surface area contributed by atoms with Gasteiger partial charge in [-0.3, -0.25) is 34.0 Å². The average Bonchev–Trinajstić information content (AvgIpc) is 3.71. The van der Waals surface area contributed by atoms with E-state index in [9.17, 15) is 37.1 Å². The molecule has 0 bridgehead atoms. The Morgan fingerprint density at radius 3 is 2.53 bits per heavy atom. The predicted molar refractivity (Wildman–Crippen MR) is 205 cm³/mol. The van der Waals surface area contributed by atoms with Crippen molar-refractivity contribution in [1.82, 2.24) is 29.2 Å². The van der Waals surface area contributed by atoms with Gasteiger partial charge >= 0.3 is 6.36 Å². The highest BCUT2D eigenvalue weighted by Gasteiger charge is 2.40. The van der Waals surface area contributed by atoms with Gasteiger partial charge in [-0.25, -0.2) is 4.98 Å². The maximum atomic E-state index is 13.2. The summed E-state index contributed by atoms with van der Waals surface area (Å²) in [6.07, 6.45) is 1.45. The van der Waals surface area contributed by atoms with Gasteiger partial charge in [0, 0.05) is 87.1 Å². The van der Waals surface area contributed by atoms with Gasteiger partial charge in [0.2, 0.25) is 17.7 Å². The number of amides is 4. The molecular formula is C41H46F3N7O6. The minimum absolute atomic E-state index is 0.0548. The lowest BCUT2D eigenvalue weighted by Gasteiger charge is -2.32. The lowest BCUT2D eigenvalue weighted by atomic mass is 9.95. The van der Waals surface area contributed by atoms with E-state index in [4.69, 9.17) is 4.98 Å². The number of pyridine rings is 1. The molecule has 5 heterocycles. The second-order valence-corrected chi connectivity index (χ2v) is 15.1. The first-order chi connectivity index (χ1) is 27.3. The average molecular weight is 790 g/mol. The van der Waals surface area contributed by atoms with Crippen LogP contribution < -0.4 is 16.2 Å². The van der Waals surface area contributed by atoms with E-state index in [-0.39, 0.29) is 42.2 Å². The number of benzene rings is 2. The molecule has 2 aromatic heterocycles. The van der Waals surface area contributed by atoms with Crippen LogP contribution in [-0.4, -0.2) is 86.2 Å². The van der Waals surface area contributed by atoms with Crippen molar-refractivity contribution in [2.75, 3.05) is 31.6 Å². The van der Waals surface area contributed by atoms with Crippen LogP contribution in [0.1, 0.15) is 84.6 Å². The quantitative estimate of drug-likeness (QED) is 0.136. The molecule has 0 aliphatic carbocycles. The zero-order valence-corrected chi connectivity index (χ0v) is 32.0. The first kappa shape index (κ1) is 39.7. The number of anilines is 1. The maximum absolute atomic E-state index is 13.2. The number of alkyl halides is 3. The SMILES string of the molecule is Cc1cc(-c2ccc3nc(C4CCN(C(=O)CCCCCNc5cccc6c5CN(C5CCC(=O)NC5=O)C6=O)CC4)n(CCOC(F)(F)F)c3c2)cn(C)c1=O. The van der Waals surface area contributed by atoms with Gasteiger partial charge < -0.3 is 24.3 Å². The zero-order chi connectivity index (χ0) is 40.4. The molecule has 2 N–H and O–H groups in total. The fourth-order valence-corrected chi connectivity index (χ4v) is 8.25. The summed E-state index contributed by atoms with van der Waals surface area (Å²) >= 11 is 0. The molecule has 302 valence electrons. The molecule has 7 rings (SSSR count). The Kier molecular flexibility index (Phi) is 11.5. The monoisotopic (exact) mass is 789 g/mol. The van der Waals surface area contributed by atoms with Crippen LogP contribution in [0, 0.1) is 6.92 Å². The van der Waals surface area contributed by atoms with Crippen molar-refractivity contribution in [3.05, 3.63) is 81.5 Å². The highest BCUT2D eigenvalue weighted by atomic mass is 19.4. The molecule has 0 radical (unpaired) electrons. The summed E-state index contributed by atoms with van der Waals surface area (Å²) in [5.74, 6) is -0.316. The normalized spacial score (nSPS) is 17.7. The standard InChI is InChI=1S/C41H46F3N7O6/c1-25-21-28(23-48(2)39(25)55)27-10-11-32-34(22-27)50(19-20-57-41(42,43)44)37(46-32)26-14-17-49(18-15-26)36(53)9-4-3-5-16-45-31-8-6-7-29-30(31)24-51(40(29)56)33-12-13-35(52)47-38(33)54/h6-8,10-11,21-23,26,33,45H,3-5,9,12-20,24H2,1-2H3,(H,47,52,54). The topological polar surface area (TPSA) is 148 Å². The molecule has 13 nitrogen and oxygen atoms in total. The van der Waals surface area contributed by atoms with Crippen LogP contribution in [0.25, 0.3) is 22.2 Å². The van der Waals surface area contributed by atoms with Crippen molar-refractivity contribution < 1.29 is 37.1 Å². The fraction of sp³-hybridized carbons (Fsp3) is 0.463. The van der Waals surface area contributed by atoms with E-state index < -0.39 is 24.9 Å². The van der Waals surface area contributed by atoms with Gasteiger partial charge in [0.05, 0.1) is 17.6 Å². The molecular weight excluding hydrogens is 743 g/mol. The molecule has 3 aliphatic rings. The Balaban J connectivity index is 0.912. The number of carbonyl (C=O) groups excluding carboxylic acids is 4. The third kappa shape index (κ3) is 8.75. The van der Waals surface area contributed by atoms with Crippen LogP contribution in [0.2, 0.25) is 0 Å². The van der Waals surface area contributed by atoms with E-state index in [1.807, 2.05) is 29.2 Å². The second kappa shape index (κ2) is 16.5. The number of fused-ring (bicyclic) bond motifs is 2. The molecule has 1 unspecified atom stereocenters. The van der Waals surface area contributed by atoms with Crippen molar-refractivity contribution in [2.24, 2.45) is 7.05 Å². The highest BCUT2D eigenvalue weighted by Crippen LogP contribution is 2.34. The maximum Gasteiger partial charge on any atom is 0.522 e. The number of imidazole rings is 1. The number of piperidine rings is 2. The Morgan fingerprint density at radius 2 is 1.79 bits per heavy atom. The molecule has 0 spiro atoms. The highest BCUT2D eigenvalue weighted by molar-refractivity contribution is 6.06. The van der Waals surface area contributed by atoms with Crippen LogP contribution in [0.5, 0.6) is 0 Å². The van der Waals surface area contributed by atoms with Crippen LogP contribution in [-0.2, 0) is 39.3 Å². The van der Waals surface area contributed by atoms with Crippen molar-refractivity contribution in [1.29, 1.82) is 0 Å². The summed E-state index contributed by atoms with van der Waals surface area (Å²) in [7, 11) is 1.68. The Morgan fingerprint density at radius 1 is 1.00 bits per heavy atom. The zero-order valence-electron chi connectivity index (χ0n) is 32.0. The lowest BCUT2D eigenvalue weighted by Crippen LogP contribution is -2.52. The molecule has 4 amide bonds. The molecule has 0 saturated carbocycles. The number of unbranched alkanes of at least 4 members (excludes halogenated alkanes) is 2. The number of imide groups is 1. The van der Waals surface area contributed by atoms with E-state index >= 15 is 0 Å². The van der Waals surface area contributed by atoms with E-state index in [2.05, 4.69) is 15.4 Å². The van der Waals surface area contributed by atoms with Gasteiger partial charge in [0.15, 0.2) is 0 Å². The number of nitrogens with one attached hydrogen (secondary N) is 2. The first-order valence-corrected chi connectivity index (χ1v) is 19.4. The third-order valence-corrected chi connectivity index (χ3v) is 11.2. The van der Waals surface area contributed by atoms with E-state index in [0.29, 0.717) is 86.3 Å². The van der Waals surface area contributed by atoms with Crippen molar-refractivity contribution in [3.63, 3.8) is 0 Å². The van der Waals surface area contributed by atoms with Gasteiger partial charge in [-0.05, 0) is 80.5 Å². The summed E-state index contributed by atoms with van der Waals surface area (Å²) in [4.78, 5) is 70.9. The largest absolute Gasteiger partial charge is 0.522 e. The fourth-order valence-electron chi connectivity index (χ4n) is 8.25. The Labute approximate surface area is 327 Å². The van der Waals surface area contributed by atoms with Gasteiger partial charge in [-0.1, -0.05) is 18.6 Å². The van der Waals surface area contributed by atoms with Gasteiger partial charge in [-0.2, -0.15) is 0 Å². The van der Waals surface area contributed by atoms with Crippen LogP contribution in [0.4, 0.5) is 18.9 Å². The van der Waals surface area contributed by atoms with Crippen molar-refractivity contribution in [3.8, 4) is 11.1 Å². The summed E-state index contributed by atoms with van der Waals surface area (Å²) in [6, 6.07) is 12.2. The molecule has 4 aromatic rings. The van der Waals surface area contributed by atoms with Crippen LogP contribution in [0.3, 0.4) is 0 Å². The number of nitrogens with zero attached hydrogens (tertiary/aromatic N) is 5. The number of carbonyl (C=O) groups is 4. The number of hydrogen-bond acceptors (Lipinski definition) is 8. The van der Waals surface area contributed by atoms with E-state index in [1.54, 1.807) is 42.9 Å². The Hall–Kier alpha value is -5.51. The smallest absolute Gasteiger partial charge is 0.385 e. The molecule has 2 fully saturated rings. The van der Waals surface area contributed by atoms with Crippen molar-refractivity contribution >= 4 is 40.3 Å². The number of hydrogen-bond donors (Lipinski definition) is 2. The number of aryl methyl sites for hydroxylation is 2. The van der Waals surface area contributed by atoms with Crippen LogP contribution in [0.15, 0.2) is 53.5 Å². The molecule has 3 aliphatic heterocycles. The summed E-state index contributed by atoms with van der Waals surface area (Å²) in [5.41, 5.74) is 5.61. The number of ether oxygens (including phenoxy) is 1. The van der Waals surface area contributed by atoms with Crippen LogP contribution >= 0.6 is 0 Å². The molecule has 2 aromatic carbocycles. The van der Waals surface area contributed by atoms with Gasteiger partial charge in [0.1, 0.15) is 11.9 Å². The van der Waals surface area contributed by atoms with E-state index in [0.717, 1.165) is 35.2 Å².